The Morgan fingerprint density at radius 3 is 2.45 bits per heavy atom. The van der Waals surface area contributed by atoms with E-state index in [0.29, 0.717) is 30.0 Å². The molecule has 0 unspecified atom stereocenters. The summed E-state index contributed by atoms with van der Waals surface area (Å²) in [6.07, 6.45) is 2.36. The number of nitrogens with one attached hydrogen (secondary N) is 1. The van der Waals surface area contributed by atoms with Gasteiger partial charge in [-0.3, -0.25) is 9.78 Å². The van der Waals surface area contributed by atoms with Gasteiger partial charge in [-0.15, -0.1) is 0 Å². The van der Waals surface area contributed by atoms with Crippen LogP contribution in [0.5, 0.6) is 0 Å². The largest absolute Gasteiger partial charge is 0.350 e. The molecule has 0 fully saturated rings. The average Bonchev–Trinajstić information content (AvgIpc) is 3.21. The van der Waals surface area contributed by atoms with E-state index in [1.807, 2.05) is 48.5 Å². The third-order valence-corrected chi connectivity index (χ3v) is 4.48. The number of pyridine rings is 1. The molecule has 144 valence electrons. The van der Waals surface area contributed by atoms with Crippen molar-refractivity contribution in [3.05, 3.63) is 102 Å². The molecular formula is C23H19FN4O. The highest BCUT2D eigenvalue weighted by Crippen LogP contribution is 2.22. The molecule has 29 heavy (non-hydrogen) atoms. The van der Waals surface area contributed by atoms with Crippen molar-refractivity contribution < 1.29 is 9.18 Å². The summed E-state index contributed by atoms with van der Waals surface area (Å²) in [6, 6.07) is 22.9. The SMILES string of the molecule is O=C(NCCc1ccccn1)c1cc(-c2ccccc2)nn1-c1ccc(F)cc1. The summed E-state index contributed by atoms with van der Waals surface area (Å²) in [7, 11) is 0. The van der Waals surface area contributed by atoms with Crippen LogP contribution >= 0.6 is 0 Å². The molecule has 2 aromatic heterocycles. The van der Waals surface area contributed by atoms with Crippen LogP contribution in [0, 0.1) is 5.82 Å². The highest BCUT2D eigenvalue weighted by Gasteiger charge is 2.17. The molecule has 0 aliphatic carbocycles. The van der Waals surface area contributed by atoms with Crippen molar-refractivity contribution in [3.63, 3.8) is 0 Å². The first-order chi connectivity index (χ1) is 14.2. The molecule has 1 N–H and O–H groups in total. The Bertz CT molecular complexity index is 1090. The van der Waals surface area contributed by atoms with E-state index in [-0.39, 0.29) is 11.7 Å². The molecular weight excluding hydrogens is 367 g/mol. The summed E-state index contributed by atoms with van der Waals surface area (Å²) in [5.41, 5.74) is 3.48. The van der Waals surface area contributed by atoms with E-state index in [0.717, 1.165) is 11.3 Å². The van der Waals surface area contributed by atoms with Crippen LogP contribution in [0.4, 0.5) is 4.39 Å². The smallest absolute Gasteiger partial charge is 0.270 e. The number of hydrogen-bond donors (Lipinski definition) is 1. The molecule has 0 atom stereocenters. The zero-order valence-electron chi connectivity index (χ0n) is 15.6. The first kappa shape index (κ1) is 18.6. The van der Waals surface area contributed by atoms with Gasteiger partial charge in [0.15, 0.2) is 0 Å². The van der Waals surface area contributed by atoms with E-state index in [1.54, 1.807) is 24.4 Å². The molecule has 0 spiro atoms. The normalized spacial score (nSPS) is 10.7. The molecule has 2 aromatic carbocycles. The fourth-order valence-corrected chi connectivity index (χ4v) is 3.01. The lowest BCUT2D eigenvalue weighted by Crippen LogP contribution is -2.28. The number of aromatic nitrogens is 3. The zero-order chi connectivity index (χ0) is 20.1. The van der Waals surface area contributed by atoms with Crippen LogP contribution in [0.1, 0.15) is 16.2 Å². The molecule has 4 aromatic rings. The minimum Gasteiger partial charge on any atom is -0.350 e. The first-order valence-electron chi connectivity index (χ1n) is 9.30. The van der Waals surface area contributed by atoms with Crippen LogP contribution in [0.3, 0.4) is 0 Å². The van der Waals surface area contributed by atoms with Crippen molar-refractivity contribution in [2.75, 3.05) is 6.54 Å². The summed E-state index contributed by atoms with van der Waals surface area (Å²) in [4.78, 5) is 17.1. The van der Waals surface area contributed by atoms with Gasteiger partial charge in [0, 0.05) is 30.4 Å². The number of amides is 1. The van der Waals surface area contributed by atoms with E-state index >= 15 is 0 Å². The highest BCUT2D eigenvalue weighted by molar-refractivity contribution is 5.94. The van der Waals surface area contributed by atoms with E-state index in [1.165, 1.54) is 16.8 Å². The fourth-order valence-electron chi connectivity index (χ4n) is 3.01. The molecule has 4 rings (SSSR count). The summed E-state index contributed by atoms with van der Waals surface area (Å²) >= 11 is 0. The van der Waals surface area contributed by atoms with Crippen molar-refractivity contribution in [1.82, 2.24) is 20.1 Å². The zero-order valence-corrected chi connectivity index (χ0v) is 15.6. The topological polar surface area (TPSA) is 59.8 Å². The number of hydrogen-bond acceptors (Lipinski definition) is 3. The Kier molecular flexibility index (Phi) is 5.42. The summed E-state index contributed by atoms with van der Waals surface area (Å²) < 4.78 is 14.9. The molecule has 1 amide bonds. The molecule has 0 saturated carbocycles. The maximum Gasteiger partial charge on any atom is 0.270 e. The fraction of sp³-hybridized carbons (Fsp3) is 0.0870. The van der Waals surface area contributed by atoms with Gasteiger partial charge >= 0.3 is 0 Å². The highest BCUT2D eigenvalue weighted by atomic mass is 19.1. The van der Waals surface area contributed by atoms with Gasteiger partial charge in [-0.1, -0.05) is 36.4 Å². The van der Waals surface area contributed by atoms with Crippen molar-refractivity contribution in [2.45, 2.75) is 6.42 Å². The van der Waals surface area contributed by atoms with Crippen LogP contribution in [0.15, 0.2) is 85.1 Å². The Morgan fingerprint density at radius 1 is 0.966 bits per heavy atom. The number of carbonyl (C=O) groups excluding carboxylic acids is 1. The third-order valence-electron chi connectivity index (χ3n) is 4.48. The summed E-state index contributed by atoms with van der Waals surface area (Å²) in [5, 5.41) is 7.51. The molecule has 0 saturated heterocycles. The molecule has 0 aliphatic rings. The monoisotopic (exact) mass is 386 g/mol. The van der Waals surface area contributed by atoms with Crippen molar-refractivity contribution >= 4 is 5.91 Å². The van der Waals surface area contributed by atoms with Crippen LogP contribution in [-0.4, -0.2) is 27.2 Å². The Morgan fingerprint density at radius 2 is 1.72 bits per heavy atom. The second kappa shape index (κ2) is 8.48. The lowest BCUT2D eigenvalue weighted by molar-refractivity contribution is 0.0946. The predicted octanol–water partition coefficient (Wildman–Crippen LogP) is 4.05. The van der Waals surface area contributed by atoms with Crippen LogP contribution in [0.2, 0.25) is 0 Å². The van der Waals surface area contributed by atoms with Gasteiger partial charge < -0.3 is 5.32 Å². The molecule has 0 bridgehead atoms. The average molecular weight is 386 g/mol. The number of rotatable bonds is 6. The van der Waals surface area contributed by atoms with E-state index < -0.39 is 0 Å². The lowest BCUT2D eigenvalue weighted by atomic mass is 10.1. The minimum absolute atomic E-state index is 0.250. The standard InChI is InChI=1S/C23H19FN4O/c24-18-9-11-20(12-10-18)28-22(16-21(27-28)17-6-2-1-3-7-17)23(29)26-15-13-19-8-4-5-14-25-19/h1-12,14,16H,13,15H2,(H,26,29). The van der Waals surface area contributed by atoms with E-state index in [2.05, 4.69) is 15.4 Å². The third kappa shape index (κ3) is 4.38. The van der Waals surface area contributed by atoms with Crippen molar-refractivity contribution in [2.24, 2.45) is 0 Å². The quantitative estimate of drug-likeness (QED) is 0.544. The number of benzene rings is 2. The summed E-state index contributed by atoms with van der Waals surface area (Å²) in [6.45, 7) is 0.450. The van der Waals surface area contributed by atoms with Crippen LogP contribution in [-0.2, 0) is 6.42 Å². The predicted molar refractivity (Wildman–Crippen MR) is 109 cm³/mol. The van der Waals surface area contributed by atoms with Crippen molar-refractivity contribution in [1.29, 1.82) is 0 Å². The maximum absolute atomic E-state index is 13.3. The maximum atomic E-state index is 13.3. The number of carbonyl (C=O) groups is 1. The van der Waals surface area contributed by atoms with E-state index in [9.17, 15) is 9.18 Å². The summed E-state index contributed by atoms with van der Waals surface area (Å²) in [5.74, 6) is -0.592. The van der Waals surface area contributed by atoms with Gasteiger partial charge in [0.25, 0.3) is 5.91 Å². The van der Waals surface area contributed by atoms with Crippen LogP contribution in [0.25, 0.3) is 16.9 Å². The van der Waals surface area contributed by atoms with Gasteiger partial charge in [-0.2, -0.15) is 5.10 Å². The molecule has 0 aliphatic heterocycles. The Hall–Kier alpha value is -3.80. The van der Waals surface area contributed by atoms with Gasteiger partial charge in [0.2, 0.25) is 0 Å². The second-order valence-corrected chi connectivity index (χ2v) is 6.50. The van der Waals surface area contributed by atoms with E-state index in [4.69, 9.17) is 0 Å². The first-order valence-corrected chi connectivity index (χ1v) is 9.30. The lowest BCUT2D eigenvalue weighted by Gasteiger charge is -2.08. The second-order valence-electron chi connectivity index (χ2n) is 6.50. The molecule has 2 heterocycles. The molecule has 0 radical (unpaired) electrons. The van der Waals surface area contributed by atoms with Crippen molar-refractivity contribution in [3.8, 4) is 16.9 Å². The minimum atomic E-state index is -0.342. The molecule has 6 heteroatoms. The van der Waals surface area contributed by atoms with Gasteiger partial charge in [0.05, 0.1) is 11.4 Å². The van der Waals surface area contributed by atoms with Gasteiger partial charge in [-0.25, -0.2) is 9.07 Å². The Balaban J connectivity index is 1.60. The van der Waals surface area contributed by atoms with Gasteiger partial charge in [0.1, 0.15) is 11.5 Å². The number of halogens is 1. The molecule has 5 nitrogen and oxygen atoms in total. The Labute approximate surface area is 167 Å². The van der Waals surface area contributed by atoms with Gasteiger partial charge in [-0.05, 0) is 42.5 Å². The van der Waals surface area contributed by atoms with Crippen LogP contribution < -0.4 is 5.32 Å². The number of nitrogens with zero attached hydrogens (tertiary/aromatic N) is 3.